The van der Waals surface area contributed by atoms with E-state index in [-0.39, 0.29) is 12.4 Å². The van der Waals surface area contributed by atoms with Crippen LogP contribution in [0, 0.1) is 10.7 Å². The van der Waals surface area contributed by atoms with Gasteiger partial charge in [-0.2, -0.15) is 0 Å². The minimum absolute atomic E-state index is 0.242. The SMILES string of the molecule is CCOC(=O)Nc1ccc(NCc2ccc(F)cc2)cc1[N+](C)=O. The molecule has 6 nitrogen and oxygen atoms in total. The van der Waals surface area contributed by atoms with Crippen LogP contribution in [0.15, 0.2) is 42.5 Å². The zero-order valence-electron chi connectivity index (χ0n) is 13.5. The molecule has 2 aromatic rings. The first-order valence-electron chi connectivity index (χ1n) is 7.46. The van der Waals surface area contributed by atoms with Gasteiger partial charge in [0.25, 0.3) is 5.69 Å². The smallest absolute Gasteiger partial charge is 0.411 e. The van der Waals surface area contributed by atoms with Crippen molar-refractivity contribution in [3.63, 3.8) is 0 Å². The van der Waals surface area contributed by atoms with Crippen molar-refractivity contribution in [1.82, 2.24) is 0 Å². The van der Waals surface area contributed by atoms with E-state index in [0.717, 1.165) is 5.56 Å². The largest absolute Gasteiger partial charge is 0.450 e. The summed E-state index contributed by atoms with van der Waals surface area (Å²) < 4.78 is 18.4. The first-order valence-corrected chi connectivity index (χ1v) is 7.46. The maximum atomic E-state index is 12.9. The average molecular weight is 332 g/mol. The van der Waals surface area contributed by atoms with E-state index >= 15 is 0 Å². The lowest BCUT2D eigenvalue weighted by Crippen LogP contribution is -2.14. The molecule has 2 N–H and O–H groups in total. The molecule has 0 aliphatic heterocycles. The van der Waals surface area contributed by atoms with Crippen LogP contribution in [-0.2, 0) is 11.3 Å². The van der Waals surface area contributed by atoms with E-state index in [1.54, 1.807) is 37.3 Å². The maximum Gasteiger partial charge on any atom is 0.411 e. The summed E-state index contributed by atoms with van der Waals surface area (Å²) in [6.07, 6.45) is -0.618. The molecule has 0 aliphatic rings. The van der Waals surface area contributed by atoms with Gasteiger partial charge in [-0.15, -0.1) is 0 Å². The molecule has 7 heteroatoms. The molecule has 1 amide bonds. The summed E-state index contributed by atoms with van der Waals surface area (Å²) in [6.45, 7) is 2.42. The van der Waals surface area contributed by atoms with Gasteiger partial charge < -0.3 is 10.1 Å². The van der Waals surface area contributed by atoms with E-state index in [1.165, 1.54) is 19.2 Å². The van der Waals surface area contributed by atoms with Crippen LogP contribution in [0.5, 0.6) is 0 Å². The van der Waals surface area contributed by atoms with Crippen LogP contribution in [0.25, 0.3) is 0 Å². The van der Waals surface area contributed by atoms with Crippen LogP contribution in [0.2, 0.25) is 0 Å². The van der Waals surface area contributed by atoms with Crippen molar-refractivity contribution in [3.8, 4) is 0 Å². The predicted molar refractivity (Wildman–Crippen MR) is 90.0 cm³/mol. The Bertz CT molecular complexity index is 732. The van der Waals surface area contributed by atoms with Gasteiger partial charge in [0, 0.05) is 28.0 Å². The summed E-state index contributed by atoms with van der Waals surface area (Å²) in [6, 6.07) is 11.1. The molecule has 0 heterocycles. The Hall–Kier alpha value is -2.96. The number of anilines is 2. The normalized spacial score (nSPS) is 10.1. The van der Waals surface area contributed by atoms with E-state index in [1.807, 2.05) is 0 Å². The highest BCUT2D eigenvalue weighted by atomic mass is 19.1. The topological polar surface area (TPSA) is 70.4 Å². The molecule has 24 heavy (non-hydrogen) atoms. The minimum atomic E-state index is -0.618. The molecular weight excluding hydrogens is 313 g/mol. The second-order valence-corrected chi connectivity index (χ2v) is 5.05. The number of halogens is 1. The molecule has 0 fully saturated rings. The maximum absolute atomic E-state index is 12.9. The van der Waals surface area contributed by atoms with Gasteiger partial charge in [0.05, 0.1) is 6.61 Å². The number of carbonyl (C=O) groups is 1. The monoisotopic (exact) mass is 332 g/mol. The molecule has 0 aliphatic carbocycles. The summed E-state index contributed by atoms with van der Waals surface area (Å²) in [5.74, 6) is -0.289. The Balaban J connectivity index is 2.11. The Kier molecular flexibility index (Phi) is 5.83. The number of nitroso groups, excluding NO2 is 1. The van der Waals surface area contributed by atoms with Crippen LogP contribution in [0.3, 0.4) is 0 Å². The highest BCUT2D eigenvalue weighted by molar-refractivity contribution is 5.88. The summed E-state index contributed by atoms with van der Waals surface area (Å²) in [5, 5.41) is 5.68. The van der Waals surface area contributed by atoms with Crippen LogP contribution in [0.4, 0.5) is 26.2 Å². The molecule has 2 rings (SSSR count). The van der Waals surface area contributed by atoms with E-state index in [9.17, 15) is 14.1 Å². The number of rotatable bonds is 6. The zero-order chi connectivity index (χ0) is 17.5. The summed E-state index contributed by atoms with van der Waals surface area (Å²) in [5.41, 5.74) is 2.26. The lowest BCUT2D eigenvalue weighted by atomic mass is 10.2. The van der Waals surface area contributed by atoms with Gasteiger partial charge in [-0.3, -0.25) is 5.32 Å². The van der Waals surface area contributed by atoms with Gasteiger partial charge in [0.15, 0.2) is 7.05 Å². The Morgan fingerprint density at radius 1 is 1.21 bits per heavy atom. The number of nitrogens with one attached hydrogen (secondary N) is 2. The Labute approximate surface area is 139 Å². The number of hydrogen-bond donors (Lipinski definition) is 2. The number of carbonyl (C=O) groups excluding carboxylic acids is 1. The van der Waals surface area contributed by atoms with Gasteiger partial charge in [0.2, 0.25) is 0 Å². The van der Waals surface area contributed by atoms with Gasteiger partial charge >= 0.3 is 6.09 Å². The Morgan fingerprint density at radius 3 is 2.54 bits per heavy atom. The third-order valence-electron chi connectivity index (χ3n) is 3.26. The standard InChI is InChI=1S/C17H18FN3O3/c1-3-24-17(22)20-15-9-8-14(10-16(15)21(2)23)19-11-12-4-6-13(18)7-5-12/h4-10,19H,3,11H2,1-2H3/p+1. The average Bonchev–Trinajstić information content (AvgIpc) is 2.55. The first kappa shape index (κ1) is 17.4. The molecular formula is C17H19FN3O3+. The number of benzene rings is 2. The molecule has 0 atom stereocenters. The fourth-order valence-electron chi connectivity index (χ4n) is 2.09. The van der Waals surface area contributed by atoms with Crippen molar-refractivity contribution in [3.05, 3.63) is 58.8 Å². The summed E-state index contributed by atoms with van der Waals surface area (Å²) >= 11 is 0. The Morgan fingerprint density at radius 2 is 1.92 bits per heavy atom. The van der Waals surface area contributed by atoms with Gasteiger partial charge in [-0.05, 0) is 36.8 Å². The molecule has 0 unspecified atom stereocenters. The second kappa shape index (κ2) is 8.05. The van der Waals surface area contributed by atoms with Crippen molar-refractivity contribution in [1.29, 1.82) is 0 Å². The van der Waals surface area contributed by atoms with Crippen LogP contribution in [-0.4, -0.2) is 24.5 Å². The van der Waals surface area contributed by atoms with Gasteiger partial charge in [-0.25, -0.2) is 9.18 Å². The van der Waals surface area contributed by atoms with Crippen molar-refractivity contribution >= 4 is 23.2 Å². The van der Waals surface area contributed by atoms with Crippen LogP contribution >= 0.6 is 0 Å². The van der Waals surface area contributed by atoms with Crippen LogP contribution in [0.1, 0.15) is 12.5 Å². The van der Waals surface area contributed by atoms with Crippen molar-refractivity contribution in [2.24, 2.45) is 0 Å². The molecule has 0 saturated heterocycles. The third kappa shape index (κ3) is 4.77. The highest BCUT2D eigenvalue weighted by Gasteiger charge is 2.17. The molecule has 0 radical (unpaired) electrons. The number of amides is 1. The third-order valence-corrected chi connectivity index (χ3v) is 3.26. The second-order valence-electron chi connectivity index (χ2n) is 5.05. The van der Waals surface area contributed by atoms with Crippen molar-refractivity contribution in [2.45, 2.75) is 13.5 Å². The molecule has 0 bridgehead atoms. The molecule has 126 valence electrons. The number of nitrogens with zero attached hydrogens (tertiary/aromatic N) is 1. The van der Waals surface area contributed by atoms with Crippen molar-refractivity contribution < 1.29 is 18.7 Å². The minimum Gasteiger partial charge on any atom is -0.450 e. The predicted octanol–water partition coefficient (Wildman–Crippen LogP) is 4.05. The lowest BCUT2D eigenvalue weighted by Gasteiger charge is -2.09. The van der Waals surface area contributed by atoms with Crippen molar-refractivity contribution in [2.75, 3.05) is 24.3 Å². The van der Waals surface area contributed by atoms with E-state index in [2.05, 4.69) is 10.6 Å². The fourth-order valence-corrected chi connectivity index (χ4v) is 2.09. The molecule has 2 aromatic carbocycles. The number of ether oxygens (including phenoxy) is 1. The molecule has 0 spiro atoms. The number of hydrogen-bond acceptors (Lipinski definition) is 4. The van der Waals surface area contributed by atoms with Gasteiger partial charge in [-0.1, -0.05) is 12.1 Å². The quantitative estimate of drug-likeness (QED) is 0.783. The van der Waals surface area contributed by atoms with E-state index in [0.29, 0.717) is 28.4 Å². The zero-order valence-corrected chi connectivity index (χ0v) is 13.5. The van der Waals surface area contributed by atoms with E-state index in [4.69, 9.17) is 4.74 Å². The van der Waals surface area contributed by atoms with E-state index < -0.39 is 6.09 Å². The fraction of sp³-hybridized carbons (Fsp3) is 0.235. The lowest BCUT2D eigenvalue weighted by molar-refractivity contribution is -0.427. The molecule has 0 aromatic heterocycles. The first-order chi connectivity index (χ1) is 11.5. The molecule has 0 saturated carbocycles. The summed E-state index contributed by atoms with van der Waals surface area (Å²) in [7, 11) is 1.34. The van der Waals surface area contributed by atoms with Crippen LogP contribution < -0.4 is 10.6 Å². The summed E-state index contributed by atoms with van der Waals surface area (Å²) in [4.78, 5) is 23.2. The van der Waals surface area contributed by atoms with Gasteiger partial charge in [0.1, 0.15) is 11.5 Å². The highest BCUT2D eigenvalue weighted by Crippen LogP contribution is 2.28.